The number of nitrogens with one attached hydrogen (secondary N) is 1. The average Bonchev–Trinajstić information content (AvgIpc) is 2.86. The Kier molecular flexibility index (Phi) is 4.74. The van der Waals surface area contributed by atoms with Crippen LogP contribution in [-0.4, -0.2) is 24.5 Å². The molecule has 0 bridgehead atoms. The molecule has 2 amide bonds. The second-order valence-electron chi connectivity index (χ2n) is 6.17. The molecule has 130 valence electrons. The second kappa shape index (κ2) is 6.97. The third-order valence-corrected chi connectivity index (χ3v) is 4.40. The number of amides is 2. The Hall–Kier alpha value is -2.82. The topological polar surface area (TPSA) is 58.6 Å². The van der Waals surface area contributed by atoms with Crippen molar-refractivity contribution in [3.63, 3.8) is 0 Å². The van der Waals surface area contributed by atoms with Crippen LogP contribution < -0.4 is 15.0 Å². The van der Waals surface area contributed by atoms with Gasteiger partial charge in [0.25, 0.3) is 5.91 Å². The highest BCUT2D eigenvalue weighted by atomic mass is 16.5. The van der Waals surface area contributed by atoms with Crippen molar-refractivity contribution in [1.29, 1.82) is 0 Å². The molecule has 3 rings (SSSR count). The molecule has 1 fully saturated rings. The lowest BCUT2D eigenvalue weighted by atomic mass is 10.1. The van der Waals surface area contributed by atoms with Crippen LogP contribution in [0.3, 0.4) is 0 Å². The number of ether oxygens (including phenoxy) is 1. The number of rotatable bonds is 5. The summed E-state index contributed by atoms with van der Waals surface area (Å²) in [5.41, 5.74) is 3.67. The summed E-state index contributed by atoms with van der Waals surface area (Å²) in [7, 11) is 0. The van der Waals surface area contributed by atoms with Crippen molar-refractivity contribution in [3.05, 3.63) is 53.6 Å². The minimum atomic E-state index is -0.565. The number of carbonyl (C=O) groups excluding carboxylic acids is 2. The molecular formula is C20H22N2O3. The van der Waals surface area contributed by atoms with Crippen LogP contribution in [0.5, 0.6) is 5.75 Å². The molecule has 1 aliphatic heterocycles. The van der Waals surface area contributed by atoms with Gasteiger partial charge in [0.1, 0.15) is 11.8 Å². The Bertz CT molecular complexity index is 816. The van der Waals surface area contributed by atoms with E-state index in [1.54, 1.807) is 18.2 Å². The lowest BCUT2D eigenvalue weighted by Crippen LogP contribution is -2.35. The molecule has 1 aliphatic rings. The quantitative estimate of drug-likeness (QED) is 0.849. The SMILES string of the molecule is CCOc1ccccc1N1C(=O)CC(Nc2ccc(C)c(C)c2)C1=O. The molecule has 1 unspecified atom stereocenters. The van der Waals surface area contributed by atoms with Gasteiger partial charge in [-0.15, -0.1) is 0 Å². The zero-order valence-electron chi connectivity index (χ0n) is 14.7. The summed E-state index contributed by atoms with van der Waals surface area (Å²) < 4.78 is 5.56. The molecule has 1 N–H and O–H groups in total. The van der Waals surface area contributed by atoms with Gasteiger partial charge in [-0.05, 0) is 56.2 Å². The first-order valence-corrected chi connectivity index (χ1v) is 8.43. The third kappa shape index (κ3) is 3.36. The summed E-state index contributed by atoms with van der Waals surface area (Å²) in [6.45, 7) is 6.40. The van der Waals surface area contributed by atoms with E-state index in [9.17, 15) is 9.59 Å². The lowest BCUT2D eigenvalue weighted by molar-refractivity contribution is -0.121. The average molecular weight is 338 g/mol. The van der Waals surface area contributed by atoms with Gasteiger partial charge in [0.2, 0.25) is 5.91 Å². The van der Waals surface area contributed by atoms with Crippen molar-refractivity contribution in [3.8, 4) is 5.75 Å². The highest BCUT2D eigenvalue weighted by Gasteiger charge is 2.40. The van der Waals surface area contributed by atoms with E-state index in [0.29, 0.717) is 18.0 Å². The fourth-order valence-electron chi connectivity index (χ4n) is 2.95. The predicted molar refractivity (Wildman–Crippen MR) is 98.0 cm³/mol. The molecule has 5 heteroatoms. The van der Waals surface area contributed by atoms with E-state index in [4.69, 9.17) is 4.74 Å². The molecule has 2 aromatic carbocycles. The number of hydrogen-bond donors (Lipinski definition) is 1. The van der Waals surface area contributed by atoms with Gasteiger partial charge in [0, 0.05) is 5.69 Å². The first-order valence-electron chi connectivity index (χ1n) is 8.43. The second-order valence-corrected chi connectivity index (χ2v) is 6.17. The number of hydrogen-bond acceptors (Lipinski definition) is 4. The highest BCUT2D eigenvalue weighted by molar-refractivity contribution is 6.23. The van der Waals surface area contributed by atoms with Gasteiger partial charge in [0.05, 0.1) is 18.7 Å². The van der Waals surface area contributed by atoms with E-state index in [-0.39, 0.29) is 18.2 Å². The number of benzene rings is 2. The van der Waals surface area contributed by atoms with Crippen LogP contribution in [0.2, 0.25) is 0 Å². The summed E-state index contributed by atoms with van der Waals surface area (Å²) in [5, 5.41) is 3.19. The Labute approximate surface area is 147 Å². The summed E-state index contributed by atoms with van der Waals surface area (Å²) in [6, 6.07) is 12.5. The van der Waals surface area contributed by atoms with Crippen LogP contribution in [0.15, 0.2) is 42.5 Å². The fourth-order valence-corrected chi connectivity index (χ4v) is 2.95. The van der Waals surface area contributed by atoms with Crippen molar-refractivity contribution in [2.24, 2.45) is 0 Å². The number of para-hydroxylation sites is 2. The van der Waals surface area contributed by atoms with E-state index in [2.05, 4.69) is 5.32 Å². The van der Waals surface area contributed by atoms with Crippen molar-refractivity contribution in [2.75, 3.05) is 16.8 Å². The summed E-state index contributed by atoms with van der Waals surface area (Å²) in [6.07, 6.45) is 0.131. The molecule has 1 saturated heterocycles. The number of anilines is 2. The summed E-state index contributed by atoms with van der Waals surface area (Å²) in [4.78, 5) is 26.5. The molecule has 2 aromatic rings. The van der Waals surface area contributed by atoms with Crippen molar-refractivity contribution in [1.82, 2.24) is 0 Å². The molecule has 25 heavy (non-hydrogen) atoms. The Morgan fingerprint density at radius 2 is 1.88 bits per heavy atom. The van der Waals surface area contributed by atoms with Gasteiger partial charge in [-0.3, -0.25) is 9.59 Å². The van der Waals surface area contributed by atoms with E-state index in [0.717, 1.165) is 11.3 Å². The van der Waals surface area contributed by atoms with Crippen molar-refractivity contribution < 1.29 is 14.3 Å². The maximum absolute atomic E-state index is 12.8. The molecular weight excluding hydrogens is 316 g/mol. The van der Waals surface area contributed by atoms with E-state index in [1.807, 2.05) is 45.0 Å². The smallest absolute Gasteiger partial charge is 0.256 e. The number of nitrogens with zero attached hydrogens (tertiary/aromatic N) is 1. The maximum atomic E-state index is 12.8. The minimum Gasteiger partial charge on any atom is -0.492 e. The van der Waals surface area contributed by atoms with Crippen LogP contribution in [0.1, 0.15) is 24.5 Å². The van der Waals surface area contributed by atoms with Gasteiger partial charge >= 0.3 is 0 Å². The molecule has 1 atom stereocenters. The molecule has 0 aliphatic carbocycles. The molecule has 0 saturated carbocycles. The first kappa shape index (κ1) is 17.0. The van der Waals surface area contributed by atoms with E-state index in [1.165, 1.54) is 10.5 Å². The van der Waals surface area contributed by atoms with Gasteiger partial charge in [-0.1, -0.05) is 18.2 Å². The van der Waals surface area contributed by atoms with E-state index < -0.39 is 6.04 Å². The standard InChI is InChI=1S/C20H22N2O3/c1-4-25-18-8-6-5-7-17(18)22-19(23)12-16(20(22)24)21-15-10-9-13(2)14(3)11-15/h5-11,16,21H,4,12H2,1-3H3. The zero-order chi connectivity index (χ0) is 18.0. The number of aryl methyl sites for hydroxylation is 2. The minimum absolute atomic E-state index is 0.131. The van der Waals surface area contributed by atoms with Crippen molar-refractivity contribution >= 4 is 23.2 Å². The summed E-state index contributed by atoms with van der Waals surface area (Å²) >= 11 is 0. The van der Waals surface area contributed by atoms with Crippen LogP contribution >= 0.6 is 0 Å². The fraction of sp³-hybridized carbons (Fsp3) is 0.300. The van der Waals surface area contributed by atoms with Gasteiger partial charge < -0.3 is 10.1 Å². The van der Waals surface area contributed by atoms with Crippen LogP contribution in [0.25, 0.3) is 0 Å². The monoisotopic (exact) mass is 338 g/mol. The molecule has 5 nitrogen and oxygen atoms in total. The van der Waals surface area contributed by atoms with Crippen LogP contribution in [0, 0.1) is 13.8 Å². The van der Waals surface area contributed by atoms with Crippen LogP contribution in [0.4, 0.5) is 11.4 Å². The molecule has 0 spiro atoms. The summed E-state index contributed by atoms with van der Waals surface area (Å²) in [5.74, 6) is 0.0624. The van der Waals surface area contributed by atoms with E-state index >= 15 is 0 Å². The van der Waals surface area contributed by atoms with Crippen molar-refractivity contribution in [2.45, 2.75) is 33.2 Å². The Morgan fingerprint density at radius 1 is 1.12 bits per heavy atom. The third-order valence-electron chi connectivity index (χ3n) is 4.40. The maximum Gasteiger partial charge on any atom is 0.256 e. The zero-order valence-corrected chi connectivity index (χ0v) is 14.7. The highest BCUT2D eigenvalue weighted by Crippen LogP contribution is 2.33. The lowest BCUT2D eigenvalue weighted by Gasteiger charge is -2.19. The molecule has 0 aromatic heterocycles. The number of carbonyl (C=O) groups is 2. The molecule has 1 heterocycles. The predicted octanol–water partition coefficient (Wildman–Crippen LogP) is 3.45. The van der Waals surface area contributed by atoms with Gasteiger partial charge in [0.15, 0.2) is 0 Å². The first-order chi connectivity index (χ1) is 12.0. The Balaban J connectivity index is 1.84. The normalized spacial score (nSPS) is 17.1. The largest absolute Gasteiger partial charge is 0.492 e. The molecule has 0 radical (unpaired) electrons. The number of imide groups is 1. The van der Waals surface area contributed by atoms with Crippen LogP contribution in [-0.2, 0) is 9.59 Å². The van der Waals surface area contributed by atoms with Gasteiger partial charge in [-0.25, -0.2) is 4.90 Å². The Morgan fingerprint density at radius 3 is 2.60 bits per heavy atom. The van der Waals surface area contributed by atoms with Gasteiger partial charge in [-0.2, -0.15) is 0 Å².